The lowest BCUT2D eigenvalue weighted by Gasteiger charge is -2.23. The number of ether oxygens (including phenoxy) is 1. The topological polar surface area (TPSA) is 45.0 Å². The first-order valence-electron chi connectivity index (χ1n) is 6.52. The van der Waals surface area contributed by atoms with Crippen LogP contribution in [0.2, 0.25) is 0 Å². The summed E-state index contributed by atoms with van der Waals surface area (Å²) in [5, 5.41) is 12.5. The van der Waals surface area contributed by atoms with Crippen molar-refractivity contribution < 1.29 is 4.74 Å². The van der Waals surface area contributed by atoms with Gasteiger partial charge in [0.2, 0.25) is 0 Å². The first-order valence-corrected chi connectivity index (χ1v) is 6.52. The van der Waals surface area contributed by atoms with E-state index in [2.05, 4.69) is 23.5 Å². The zero-order chi connectivity index (χ0) is 12.8. The quantitative estimate of drug-likeness (QED) is 0.748. The molecule has 0 heterocycles. The molecule has 18 heavy (non-hydrogen) atoms. The Morgan fingerprint density at radius 2 is 2.11 bits per heavy atom. The van der Waals surface area contributed by atoms with Gasteiger partial charge in [0.05, 0.1) is 19.3 Å². The molecule has 0 spiro atoms. The molecule has 0 aliphatic heterocycles. The molecule has 1 aromatic carbocycles. The normalized spacial score (nSPS) is 18.0. The molecule has 0 bridgehead atoms. The van der Waals surface area contributed by atoms with Crippen molar-refractivity contribution in [2.75, 3.05) is 13.2 Å². The van der Waals surface area contributed by atoms with Crippen molar-refractivity contribution in [1.82, 2.24) is 5.32 Å². The highest BCUT2D eigenvalue weighted by atomic mass is 16.5. The number of nitrogens with one attached hydrogen (secondary N) is 1. The van der Waals surface area contributed by atoms with Crippen LogP contribution in [0.3, 0.4) is 0 Å². The van der Waals surface area contributed by atoms with E-state index in [1.54, 1.807) is 0 Å². The van der Waals surface area contributed by atoms with Gasteiger partial charge in [-0.2, -0.15) is 5.26 Å². The molecular formula is C15H20N2O. The summed E-state index contributed by atoms with van der Waals surface area (Å²) in [6, 6.07) is 13.1. The van der Waals surface area contributed by atoms with Crippen LogP contribution in [-0.2, 0) is 11.2 Å². The molecule has 1 atom stereocenters. The second kappa shape index (κ2) is 5.99. The highest BCUT2D eigenvalue weighted by molar-refractivity contribution is 5.14. The predicted octanol–water partition coefficient (Wildman–Crippen LogP) is 2.28. The molecule has 2 rings (SSSR count). The van der Waals surface area contributed by atoms with Crippen LogP contribution in [0.5, 0.6) is 0 Å². The van der Waals surface area contributed by atoms with Gasteiger partial charge in [0.1, 0.15) is 5.54 Å². The molecule has 0 radical (unpaired) electrons. The predicted molar refractivity (Wildman–Crippen MR) is 71.1 cm³/mol. The second-order valence-electron chi connectivity index (χ2n) is 5.15. The Bertz CT molecular complexity index is 408. The summed E-state index contributed by atoms with van der Waals surface area (Å²) in [5.41, 5.74) is 0.726. The van der Waals surface area contributed by atoms with Crippen molar-refractivity contribution in [3.8, 4) is 6.07 Å². The molecule has 3 heteroatoms. The van der Waals surface area contributed by atoms with Gasteiger partial charge in [-0.15, -0.1) is 0 Å². The van der Waals surface area contributed by atoms with Crippen LogP contribution in [0.1, 0.15) is 25.3 Å². The lowest BCUT2D eigenvalue weighted by Crippen LogP contribution is -2.46. The molecular weight excluding hydrogens is 224 g/mol. The molecule has 1 unspecified atom stereocenters. The summed E-state index contributed by atoms with van der Waals surface area (Å²) in [5.74, 6) is 0. The van der Waals surface area contributed by atoms with E-state index in [4.69, 9.17) is 4.74 Å². The summed E-state index contributed by atoms with van der Waals surface area (Å²) in [7, 11) is 0. The van der Waals surface area contributed by atoms with Gasteiger partial charge >= 0.3 is 0 Å². The maximum absolute atomic E-state index is 9.19. The highest BCUT2D eigenvalue weighted by Crippen LogP contribution is 2.22. The molecule has 96 valence electrons. The van der Waals surface area contributed by atoms with Crippen LogP contribution in [0, 0.1) is 11.3 Å². The highest BCUT2D eigenvalue weighted by Gasteiger charge is 2.32. The lowest BCUT2D eigenvalue weighted by molar-refractivity contribution is 0.0970. The van der Waals surface area contributed by atoms with Gasteiger partial charge in [-0.3, -0.25) is 5.32 Å². The fourth-order valence-corrected chi connectivity index (χ4v) is 1.90. The van der Waals surface area contributed by atoms with E-state index >= 15 is 0 Å². The molecule has 1 N–H and O–H groups in total. The number of benzene rings is 1. The van der Waals surface area contributed by atoms with E-state index in [1.165, 1.54) is 18.4 Å². The Hall–Kier alpha value is -1.37. The number of hydrogen-bond acceptors (Lipinski definition) is 3. The van der Waals surface area contributed by atoms with Gasteiger partial charge in [0.25, 0.3) is 0 Å². The first kappa shape index (κ1) is 13.1. The van der Waals surface area contributed by atoms with Gasteiger partial charge in [-0.1, -0.05) is 30.3 Å². The summed E-state index contributed by atoms with van der Waals surface area (Å²) >= 11 is 0. The Morgan fingerprint density at radius 1 is 1.39 bits per heavy atom. The Kier molecular flexibility index (Phi) is 4.35. The summed E-state index contributed by atoms with van der Waals surface area (Å²) < 4.78 is 5.64. The van der Waals surface area contributed by atoms with Crippen LogP contribution in [-0.4, -0.2) is 24.8 Å². The molecule has 0 saturated heterocycles. The zero-order valence-corrected chi connectivity index (χ0v) is 10.9. The van der Waals surface area contributed by atoms with Crippen LogP contribution in [0.15, 0.2) is 30.3 Å². The van der Waals surface area contributed by atoms with Crippen molar-refractivity contribution in [1.29, 1.82) is 5.26 Å². The molecule has 3 nitrogen and oxygen atoms in total. The molecule has 1 aliphatic carbocycles. The van der Waals surface area contributed by atoms with E-state index in [-0.39, 0.29) is 0 Å². The maximum Gasteiger partial charge on any atom is 0.127 e. The average Bonchev–Trinajstić information content (AvgIpc) is 3.20. The zero-order valence-electron chi connectivity index (χ0n) is 10.9. The standard InChI is InChI=1S/C15H20N2O/c1-15(11-16,17-14-7-8-14)12-18-10-9-13-5-3-2-4-6-13/h2-6,14,17H,7-10,12H2,1H3. The molecule has 0 aromatic heterocycles. The molecule has 1 aromatic rings. The van der Waals surface area contributed by atoms with Crippen LogP contribution >= 0.6 is 0 Å². The lowest BCUT2D eigenvalue weighted by atomic mass is 10.1. The molecule has 0 amide bonds. The largest absolute Gasteiger partial charge is 0.378 e. The van der Waals surface area contributed by atoms with E-state index in [1.807, 2.05) is 25.1 Å². The monoisotopic (exact) mass is 244 g/mol. The van der Waals surface area contributed by atoms with Crippen molar-refractivity contribution in [2.45, 2.75) is 37.8 Å². The van der Waals surface area contributed by atoms with E-state index in [0.29, 0.717) is 19.3 Å². The van der Waals surface area contributed by atoms with Crippen LogP contribution in [0.4, 0.5) is 0 Å². The number of rotatable bonds is 7. The van der Waals surface area contributed by atoms with Crippen LogP contribution < -0.4 is 5.32 Å². The fraction of sp³-hybridized carbons (Fsp3) is 0.533. The van der Waals surface area contributed by atoms with Gasteiger partial charge < -0.3 is 4.74 Å². The third-order valence-electron chi connectivity index (χ3n) is 3.12. The summed E-state index contributed by atoms with van der Waals surface area (Å²) in [6.07, 6.45) is 3.26. The smallest absolute Gasteiger partial charge is 0.127 e. The SMILES string of the molecule is CC(C#N)(COCCc1ccccc1)NC1CC1. The van der Waals surface area contributed by atoms with Crippen molar-refractivity contribution in [3.63, 3.8) is 0 Å². The minimum absolute atomic E-state index is 0.451. The third kappa shape index (κ3) is 4.14. The van der Waals surface area contributed by atoms with E-state index in [0.717, 1.165) is 6.42 Å². The van der Waals surface area contributed by atoms with Crippen molar-refractivity contribution in [2.24, 2.45) is 0 Å². The summed E-state index contributed by atoms with van der Waals surface area (Å²) in [6.45, 7) is 3.02. The van der Waals surface area contributed by atoms with E-state index in [9.17, 15) is 5.26 Å². The minimum atomic E-state index is -0.544. The number of nitrogens with zero attached hydrogens (tertiary/aromatic N) is 1. The summed E-state index contributed by atoms with van der Waals surface area (Å²) in [4.78, 5) is 0. The molecule has 1 aliphatic rings. The number of hydrogen-bond donors (Lipinski definition) is 1. The van der Waals surface area contributed by atoms with Gasteiger partial charge in [0.15, 0.2) is 0 Å². The van der Waals surface area contributed by atoms with Gasteiger partial charge in [-0.25, -0.2) is 0 Å². The Balaban J connectivity index is 1.69. The molecule has 1 fully saturated rings. The Labute approximate surface area is 109 Å². The number of nitriles is 1. The molecule has 1 saturated carbocycles. The van der Waals surface area contributed by atoms with E-state index < -0.39 is 5.54 Å². The van der Waals surface area contributed by atoms with Crippen LogP contribution in [0.25, 0.3) is 0 Å². The second-order valence-corrected chi connectivity index (χ2v) is 5.15. The Morgan fingerprint density at radius 3 is 2.72 bits per heavy atom. The first-order chi connectivity index (χ1) is 8.72. The maximum atomic E-state index is 9.19. The van der Waals surface area contributed by atoms with Gasteiger partial charge in [-0.05, 0) is 31.7 Å². The van der Waals surface area contributed by atoms with Crippen molar-refractivity contribution >= 4 is 0 Å². The fourth-order valence-electron chi connectivity index (χ4n) is 1.90. The third-order valence-corrected chi connectivity index (χ3v) is 3.12. The van der Waals surface area contributed by atoms with Gasteiger partial charge in [0, 0.05) is 6.04 Å². The average molecular weight is 244 g/mol. The minimum Gasteiger partial charge on any atom is -0.378 e. The van der Waals surface area contributed by atoms with Crippen molar-refractivity contribution in [3.05, 3.63) is 35.9 Å².